The summed E-state index contributed by atoms with van der Waals surface area (Å²) in [6, 6.07) is 11.7. The molecular weight excluding hydrogens is 341 g/mol. The normalized spacial score (nSPS) is 10.7. The molecule has 98 valence electrons. The van der Waals surface area contributed by atoms with Gasteiger partial charge in [0.15, 0.2) is 4.77 Å². The van der Waals surface area contributed by atoms with E-state index in [-0.39, 0.29) is 5.82 Å². The highest BCUT2D eigenvalue weighted by Gasteiger charge is 2.10. The van der Waals surface area contributed by atoms with Gasteiger partial charge in [-0.3, -0.25) is 4.57 Å². The molecule has 3 rings (SSSR count). The zero-order valence-electron chi connectivity index (χ0n) is 10.0. The Morgan fingerprint density at radius 2 is 2.05 bits per heavy atom. The molecular formula is C14H7BrFN3S. The molecule has 0 atom stereocenters. The minimum atomic E-state index is -0.329. The first-order valence-electron chi connectivity index (χ1n) is 5.70. The van der Waals surface area contributed by atoms with E-state index in [1.807, 2.05) is 0 Å². The molecule has 1 aromatic heterocycles. The predicted molar refractivity (Wildman–Crippen MR) is 80.8 cm³/mol. The molecule has 0 saturated heterocycles. The van der Waals surface area contributed by atoms with Crippen LogP contribution in [-0.4, -0.2) is 9.55 Å². The van der Waals surface area contributed by atoms with E-state index in [2.05, 4.69) is 27.0 Å². The molecule has 0 spiro atoms. The van der Waals surface area contributed by atoms with E-state index in [1.165, 1.54) is 12.1 Å². The largest absolute Gasteiger partial charge is 0.330 e. The van der Waals surface area contributed by atoms with Crippen LogP contribution in [0.1, 0.15) is 5.56 Å². The molecule has 1 heterocycles. The molecule has 0 aliphatic carbocycles. The Morgan fingerprint density at radius 3 is 2.75 bits per heavy atom. The summed E-state index contributed by atoms with van der Waals surface area (Å²) in [6.45, 7) is 0. The smallest absolute Gasteiger partial charge is 0.182 e. The number of rotatable bonds is 1. The van der Waals surface area contributed by atoms with E-state index >= 15 is 0 Å². The molecule has 20 heavy (non-hydrogen) atoms. The molecule has 0 saturated carbocycles. The van der Waals surface area contributed by atoms with Gasteiger partial charge in [0.2, 0.25) is 0 Å². The van der Waals surface area contributed by atoms with Crippen LogP contribution in [0.25, 0.3) is 16.7 Å². The van der Waals surface area contributed by atoms with Gasteiger partial charge >= 0.3 is 0 Å². The van der Waals surface area contributed by atoms with Gasteiger partial charge in [-0.15, -0.1) is 0 Å². The summed E-state index contributed by atoms with van der Waals surface area (Å²) in [5.41, 5.74) is 2.71. The van der Waals surface area contributed by atoms with Crippen molar-refractivity contribution >= 4 is 39.2 Å². The van der Waals surface area contributed by atoms with E-state index in [1.54, 1.807) is 28.8 Å². The van der Waals surface area contributed by atoms with E-state index in [9.17, 15) is 4.39 Å². The van der Waals surface area contributed by atoms with Crippen LogP contribution in [0.3, 0.4) is 0 Å². The monoisotopic (exact) mass is 347 g/mol. The zero-order chi connectivity index (χ0) is 14.3. The lowest BCUT2D eigenvalue weighted by Gasteiger charge is -2.07. The molecule has 0 radical (unpaired) electrons. The maximum atomic E-state index is 13.4. The summed E-state index contributed by atoms with van der Waals surface area (Å²) in [7, 11) is 0. The lowest BCUT2D eigenvalue weighted by atomic mass is 10.2. The number of nitriles is 1. The van der Waals surface area contributed by atoms with Gasteiger partial charge in [0.1, 0.15) is 5.82 Å². The highest BCUT2D eigenvalue weighted by Crippen LogP contribution is 2.27. The van der Waals surface area contributed by atoms with E-state index in [4.69, 9.17) is 17.5 Å². The Bertz CT molecular complexity index is 920. The summed E-state index contributed by atoms with van der Waals surface area (Å²) in [5.74, 6) is -0.329. The van der Waals surface area contributed by atoms with Gasteiger partial charge in [-0.1, -0.05) is 0 Å². The SMILES string of the molecule is N#Cc1ccc(-n2c(=S)[nH]c3ccc(F)cc32)c(Br)c1. The Morgan fingerprint density at radius 1 is 1.25 bits per heavy atom. The highest BCUT2D eigenvalue weighted by molar-refractivity contribution is 9.10. The molecule has 0 amide bonds. The lowest BCUT2D eigenvalue weighted by Crippen LogP contribution is -1.96. The van der Waals surface area contributed by atoms with Gasteiger partial charge < -0.3 is 4.98 Å². The molecule has 1 N–H and O–H groups in total. The van der Waals surface area contributed by atoms with Crippen LogP contribution in [0.15, 0.2) is 40.9 Å². The molecule has 2 aromatic carbocycles. The third-order valence-electron chi connectivity index (χ3n) is 2.96. The Balaban J connectivity index is 2.35. The number of fused-ring (bicyclic) bond motifs is 1. The van der Waals surface area contributed by atoms with Crippen molar-refractivity contribution in [2.45, 2.75) is 0 Å². The quantitative estimate of drug-likeness (QED) is 0.660. The Labute approximate surface area is 127 Å². The minimum absolute atomic E-state index is 0.329. The maximum absolute atomic E-state index is 13.4. The highest BCUT2D eigenvalue weighted by atomic mass is 79.9. The number of benzene rings is 2. The van der Waals surface area contributed by atoms with Crippen LogP contribution in [0.4, 0.5) is 4.39 Å². The molecule has 3 aromatic rings. The van der Waals surface area contributed by atoms with Crippen LogP contribution in [-0.2, 0) is 0 Å². The molecule has 0 bridgehead atoms. The maximum Gasteiger partial charge on any atom is 0.182 e. The van der Waals surface area contributed by atoms with Gasteiger partial charge in [-0.2, -0.15) is 5.26 Å². The number of aromatic amines is 1. The van der Waals surface area contributed by atoms with Crippen molar-refractivity contribution in [1.82, 2.24) is 9.55 Å². The fourth-order valence-electron chi connectivity index (χ4n) is 2.07. The lowest BCUT2D eigenvalue weighted by molar-refractivity contribution is 0.629. The number of nitrogens with one attached hydrogen (secondary N) is 1. The number of imidazole rings is 1. The van der Waals surface area contributed by atoms with E-state index in [0.29, 0.717) is 15.9 Å². The molecule has 3 nitrogen and oxygen atoms in total. The number of hydrogen-bond donors (Lipinski definition) is 1. The van der Waals surface area contributed by atoms with E-state index in [0.717, 1.165) is 15.7 Å². The van der Waals surface area contributed by atoms with Crippen molar-refractivity contribution < 1.29 is 4.39 Å². The first-order chi connectivity index (χ1) is 9.60. The van der Waals surface area contributed by atoms with Crippen LogP contribution in [0.2, 0.25) is 0 Å². The average Bonchev–Trinajstić information content (AvgIpc) is 2.74. The summed E-state index contributed by atoms with van der Waals surface area (Å²) < 4.78 is 16.4. The van der Waals surface area contributed by atoms with Crippen molar-refractivity contribution in [3.05, 3.63) is 57.0 Å². The molecule has 0 aliphatic rings. The van der Waals surface area contributed by atoms with Crippen molar-refractivity contribution in [2.75, 3.05) is 0 Å². The van der Waals surface area contributed by atoms with Gasteiger partial charge in [0.05, 0.1) is 28.4 Å². The van der Waals surface area contributed by atoms with Crippen LogP contribution < -0.4 is 0 Å². The summed E-state index contributed by atoms with van der Waals surface area (Å²) in [5, 5.41) is 8.89. The number of nitrogens with zero attached hydrogens (tertiary/aromatic N) is 2. The van der Waals surface area contributed by atoms with Gasteiger partial charge in [-0.05, 0) is 58.5 Å². The minimum Gasteiger partial charge on any atom is -0.330 e. The third kappa shape index (κ3) is 2.05. The number of aromatic nitrogens is 2. The van der Waals surface area contributed by atoms with Crippen LogP contribution in [0.5, 0.6) is 0 Å². The first kappa shape index (κ1) is 13.0. The van der Waals surface area contributed by atoms with Crippen molar-refractivity contribution in [1.29, 1.82) is 5.26 Å². The van der Waals surface area contributed by atoms with E-state index < -0.39 is 0 Å². The summed E-state index contributed by atoms with van der Waals surface area (Å²) in [6.07, 6.45) is 0. The standard InChI is InChI=1S/C14H7BrFN3S/c15-10-5-8(7-17)1-4-12(10)19-13-6-9(16)2-3-11(13)18-14(19)20/h1-6H,(H,18,20). The van der Waals surface area contributed by atoms with Crippen molar-refractivity contribution in [3.8, 4) is 11.8 Å². The molecule has 0 aliphatic heterocycles. The number of hydrogen-bond acceptors (Lipinski definition) is 2. The van der Waals surface area contributed by atoms with Crippen LogP contribution >= 0.6 is 28.1 Å². The van der Waals surface area contributed by atoms with Gasteiger partial charge in [0, 0.05) is 10.5 Å². The Kier molecular flexibility index (Phi) is 3.16. The zero-order valence-corrected chi connectivity index (χ0v) is 12.4. The number of halogens is 2. The molecule has 6 heteroatoms. The van der Waals surface area contributed by atoms with Gasteiger partial charge in [-0.25, -0.2) is 4.39 Å². The molecule has 0 fully saturated rings. The second-order valence-electron chi connectivity index (χ2n) is 4.21. The summed E-state index contributed by atoms with van der Waals surface area (Å²) in [4.78, 5) is 3.03. The van der Waals surface area contributed by atoms with Crippen molar-refractivity contribution in [2.24, 2.45) is 0 Å². The summed E-state index contributed by atoms with van der Waals surface area (Å²) >= 11 is 8.72. The average molecular weight is 348 g/mol. The third-order valence-corrected chi connectivity index (χ3v) is 3.88. The van der Waals surface area contributed by atoms with Crippen molar-refractivity contribution in [3.63, 3.8) is 0 Å². The second kappa shape index (κ2) is 4.85. The topological polar surface area (TPSA) is 44.5 Å². The van der Waals surface area contributed by atoms with Gasteiger partial charge in [0.25, 0.3) is 0 Å². The Hall–Kier alpha value is -1.97. The first-order valence-corrected chi connectivity index (χ1v) is 6.90. The fraction of sp³-hybridized carbons (Fsp3) is 0. The molecule has 0 unspecified atom stereocenters. The number of H-pyrrole nitrogens is 1. The predicted octanol–water partition coefficient (Wildman–Crippen LogP) is 4.46. The van der Waals surface area contributed by atoms with Crippen LogP contribution in [0, 0.1) is 21.9 Å². The fourth-order valence-corrected chi connectivity index (χ4v) is 2.94. The second-order valence-corrected chi connectivity index (χ2v) is 5.45.